The third kappa shape index (κ3) is 4.91. The minimum atomic E-state index is 0. The molecule has 80 valence electrons. The summed E-state index contributed by atoms with van der Waals surface area (Å²) in [4.78, 5) is 0. The molecule has 0 bridgehead atoms. The summed E-state index contributed by atoms with van der Waals surface area (Å²) < 4.78 is 0. The van der Waals surface area contributed by atoms with Gasteiger partial charge in [-0.05, 0) is 25.2 Å². The van der Waals surface area contributed by atoms with Crippen molar-refractivity contribution in [3.63, 3.8) is 0 Å². The van der Waals surface area contributed by atoms with E-state index < -0.39 is 0 Å². The molecular formula is C11H25NO. The predicted molar refractivity (Wildman–Crippen MR) is 59.5 cm³/mol. The van der Waals surface area contributed by atoms with E-state index in [1.807, 2.05) is 0 Å². The zero-order valence-electron chi connectivity index (χ0n) is 7.21. The van der Waals surface area contributed by atoms with Crippen LogP contribution in [0.5, 0.6) is 0 Å². The molecule has 1 atom stereocenters. The summed E-state index contributed by atoms with van der Waals surface area (Å²) in [6.07, 6.45) is 7.33. The Balaban J connectivity index is 0. The van der Waals surface area contributed by atoms with Crippen molar-refractivity contribution in [2.75, 3.05) is 0 Å². The second kappa shape index (κ2) is 8.09. The van der Waals surface area contributed by atoms with Crippen LogP contribution in [0.3, 0.4) is 0 Å². The van der Waals surface area contributed by atoms with Crippen molar-refractivity contribution in [3.05, 3.63) is 0 Å². The van der Waals surface area contributed by atoms with E-state index in [0.717, 1.165) is 12.1 Å². The molecule has 1 fully saturated rings. The van der Waals surface area contributed by atoms with Crippen LogP contribution in [-0.4, -0.2) is 10.9 Å². The van der Waals surface area contributed by atoms with Crippen LogP contribution >= 0.6 is 0 Å². The average molecular weight is 187 g/mol. The molecule has 0 heterocycles. The molecule has 1 unspecified atom stereocenters. The van der Waals surface area contributed by atoms with Gasteiger partial charge in [-0.25, -0.2) is 0 Å². The maximum absolute atomic E-state index is 8.67. The number of oxime groups is 1. The molecule has 1 N–H and O–H groups in total. The Hall–Kier alpha value is -0.530. The number of hydrogen-bond acceptors (Lipinski definition) is 2. The summed E-state index contributed by atoms with van der Waals surface area (Å²) in [6, 6.07) is 0. The minimum absolute atomic E-state index is 0. The number of nitrogens with zero attached hydrogens (tertiary/aromatic N) is 1. The van der Waals surface area contributed by atoms with Crippen molar-refractivity contribution in [2.24, 2.45) is 11.1 Å². The maximum atomic E-state index is 8.67. The van der Waals surface area contributed by atoms with E-state index in [1.165, 1.54) is 32.1 Å². The van der Waals surface area contributed by atoms with Crippen molar-refractivity contribution >= 4 is 5.71 Å². The smallest absolute Gasteiger partial charge is 0.0598 e. The van der Waals surface area contributed by atoms with Gasteiger partial charge in [0.2, 0.25) is 0 Å². The quantitative estimate of drug-likeness (QED) is 0.450. The normalized spacial score (nSPS) is 26.5. The second-order valence-corrected chi connectivity index (χ2v) is 3.45. The van der Waals surface area contributed by atoms with Gasteiger partial charge in [-0.15, -0.1) is 0 Å². The summed E-state index contributed by atoms with van der Waals surface area (Å²) in [5.41, 5.74) is 1.00. The SMILES string of the molecule is C.C.CC1CCCCCCC1=NO. The first-order valence-electron chi connectivity index (χ1n) is 4.55. The van der Waals surface area contributed by atoms with Gasteiger partial charge in [0.15, 0.2) is 0 Å². The lowest BCUT2D eigenvalue weighted by atomic mass is 9.91. The van der Waals surface area contributed by atoms with Crippen molar-refractivity contribution < 1.29 is 5.21 Å². The summed E-state index contributed by atoms with van der Waals surface area (Å²) in [6.45, 7) is 2.15. The van der Waals surface area contributed by atoms with Gasteiger partial charge >= 0.3 is 0 Å². The summed E-state index contributed by atoms with van der Waals surface area (Å²) in [7, 11) is 0. The number of rotatable bonds is 0. The third-order valence-corrected chi connectivity index (χ3v) is 2.52. The summed E-state index contributed by atoms with van der Waals surface area (Å²) in [5.74, 6) is 0.500. The number of hydrogen-bond donors (Lipinski definition) is 1. The van der Waals surface area contributed by atoms with Crippen LogP contribution in [0.4, 0.5) is 0 Å². The van der Waals surface area contributed by atoms with E-state index in [2.05, 4.69) is 12.1 Å². The summed E-state index contributed by atoms with van der Waals surface area (Å²) >= 11 is 0. The van der Waals surface area contributed by atoms with E-state index in [4.69, 9.17) is 5.21 Å². The Morgan fingerprint density at radius 1 is 1.15 bits per heavy atom. The standard InChI is InChI=1S/C9H17NO.2CH4/c1-8-6-4-2-3-5-7-9(8)10-11;;/h8,11H,2-7H2,1H3;2*1H4. The van der Waals surface area contributed by atoms with Gasteiger partial charge in [-0.2, -0.15) is 0 Å². The third-order valence-electron chi connectivity index (χ3n) is 2.52. The molecule has 0 radical (unpaired) electrons. The largest absolute Gasteiger partial charge is 0.411 e. The molecule has 0 aliphatic heterocycles. The molecule has 1 aliphatic rings. The van der Waals surface area contributed by atoms with Crippen LogP contribution in [0.2, 0.25) is 0 Å². The lowest BCUT2D eigenvalue weighted by Gasteiger charge is -2.15. The first-order chi connectivity index (χ1) is 5.34. The molecule has 0 aromatic heterocycles. The zero-order chi connectivity index (χ0) is 8.10. The minimum Gasteiger partial charge on any atom is -0.411 e. The molecule has 2 nitrogen and oxygen atoms in total. The fourth-order valence-corrected chi connectivity index (χ4v) is 1.67. The van der Waals surface area contributed by atoms with Crippen LogP contribution in [-0.2, 0) is 0 Å². The van der Waals surface area contributed by atoms with Crippen molar-refractivity contribution in [2.45, 2.75) is 60.3 Å². The monoisotopic (exact) mass is 187 g/mol. The summed E-state index contributed by atoms with van der Waals surface area (Å²) in [5, 5.41) is 12.0. The Morgan fingerprint density at radius 2 is 1.77 bits per heavy atom. The van der Waals surface area contributed by atoms with E-state index in [9.17, 15) is 0 Å². The highest BCUT2D eigenvalue weighted by atomic mass is 16.4. The topological polar surface area (TPSA) is 32.6 Å². The first kappa shape index (κ1) is 15.0. The fourth-order valence-electron chi connectivity index (χ4n) is 1.67. The van der Waals surface area contributed by atoms with Crippen molar-refractivity contribution in [1.82, 2.24) is 0 Å². The van der Waals surface area contributed by atoms with Crippen LogP contribution in [0, 0.1) is 5.92 Å². The van der Waals surface area contributed by atoms with Gasteiger partial charge in [0.1, 0.15) is 0 Å². The van der Waals surface area contributed by atoms with E-state index >= 15 is 0 Å². The van der Waals surface area contributed by atoms with Crippen LogP contribution in [0.15, 0.2) is 5.16 Å². The van der Waals surface area contributed by atoms with Gasteiger partial charge in [0.25, 0.3) is 0 Å². The van der Waals surface area contributed by atoms with Crippen molar-refractivity contribution in [3.8, 4) is 0 Å². The first-order valence-corrected chi connectivity index (χ1v) is 4.55. The molecule has 13 heavy (non-hydrogen) atoms. The molecular weight excluding hydrogens is 162 g/mol. The lowest BCUT2D eigenvalue weighted by molar-refractivity contribution is 0.311. The molecule has 0 aromatic rings. The zero-order valence-corrected chi connectivity index (χ0v) is 7.21. The Bertz CT molecular complexity index is 143. The molecule has 1 rings (SSSR count). The molecule has 1 aliphatic carbocycles. The maximum Gasteiger partial charge on any atom is 0.0598 e. The van der Waals surface area contributed by atoms with E-state index in [-0.39, 0.29) is 14.9 Å². The Labute approximate surface area is 83.0 Å². The molecule has 2 heteroatoms. The molecule has 1 saturated carbocycles. The average Bonchev–Trinajstić information content (AvgIpc) is 1.98. The highest BCUT2D eigenvalue weighted by Crippen LogP contribution is 2.19. The van der Waals surface area contributed by atoms with Crippen LogP contribution in [0.25, 0.3) is 0 Å². The predicted octanol–water partition coefficient (Wildman–Crippen LogP) is 4.08. The Morgan fingerprint density at radius 3 is 2.38 bits per heavy atom. The molecule has 0 saturated heterocycles. The van der Waals surface area contributed by atoms with E-state index in [1.54, 1.807) is 0 Å². The van der Waals surface area contributed by atoms with Gasteiger partial charge in [-0.3, -0.25) is 0 Å². The van der Waals surface area contributed by atoms with Gasteiger partial charge in [0, 0.05) is 0 Å². The van der Waals surface area contributed by atoms with Gasteiger partial charge < -0.3 is 5.21 Å². The molecule has 0 aromatic carbocycles. The second-order valence-electron chi connectivity index (χ2n) is 3.45. The molecule has 0 spiro atoms. The van der Waals surface area contributed by atoms with E-state index in [0.29, 0.717) is 5.92 Å². The van der Waals surface area contributed by atoms with Gasteiger partial charge in [-0.1, -0.05) is 46.2 Å². The van der Waals surface area contributed by atoms with Crippen molar-refractivity contribution in [1.29, 1.82) is 0 Å². The van der Waals surface area contributed by atoms with Crippen LogP contribution < -0.4 is 0 Å². The lowest BCUT2D eigenvalue weighted by Crippen LogP contribution is -2.13. The van der Waals surface area contributed by atoms with Gasteiger partial charge in [0.05, 0.1) is 5.71 Å². The molecule has 0 amide bonds. The Kier molecular flexibility index (Phi) is 9.31. The fraction of sp³-hybridized carbons (Fsp3) is 0.909. The highest BCUT2D eigenvalue weighted by Gasteiger charge is 2.12. The van der Waals surface area contributed by atoms with Crippen LogP contribution in [0.1, 0.15) is 60.3 Å². The highest BCUT2D eigenvalue weighted by molar-refractivity contribution is 5.85.